The van der Waals surface area contributed by atoms with E-state index in [0.717, 1.165) is 23.5 Å². The molecule has 5 heteroatoms. The zero-order chi connectivity index (χ0) is 58.2. The Balaban J connectivity index is 1.10. The van der Waals surface area contributed by atoms with E-state index in [9.17, 15) is 0 Å². The molecule has 0 unspecified atom stereocenters. The molecule has 416 valence electrons. The Hall–Kier alpha value is -7.34. The molecule has 9 aromatic carbocycles. The van der Waals surface area contributed by atoms with E-state index in [1.807, 2.05) is 11.3 Å². The van der Waals surface area contributed by atoms with Crippen molar-refractivity contribution in [1.29, 1.82) is 0 Å². The lowest BCUT2D eigenvalue weighted by Crippen LogP contribution is -2.62. The van der Waals surface area contributed by atoms with Gasteiger partial charge < -0.3 is 14.7 Å². The molecule has 4 aliphatic rings. The summed E-state index contributed by atoms with van der Waals surface area (Å²) in [6.45, 7) is 38.2. The summed E-state index contributed by atoms with van der Waals surface area (Å²) >= 11 is 1.92. The Morgan fingerprint density at radius 1 is 0.422 bits per heavy atom. The molecule has 0 bridgehead atoms. The largest absolute Gasteiger partial charge is 0.311 e. The molecule has 0 amide bonds. The fourth-order valence-corrected chi connectivity index (χ4v) is 16.5. The second-order valence-corrected chi connectivity index (χ2v) is 30.5. The summed E-state index contributed by atoms with van der Waals surface area (Å²) in [6, 6.07) is 67.0. The Kier molecular flexibility index (Phi) is 11.7. The van der Waals surface area contributed by atoms with Crippen molar-refractivity contribution in [2.24, 2.45) is 0 Å². The Morgan fingerprint density at radius 3 is 1.51 bits per heavy atom. The van der Waals surface area contributed by atoms with Crippen molar-refractivity contribution < 1.29 is 0 Å². The lowest BCUT2D eigenvalue weighted by molar-refractivity contribution is 0.332. The van der Waals surface area contributed by atoms with Crippen molar-refractivity contribution >= 4 is 106 Å². The van der Waals surface area contributed by atoms with Crippen molar-refractivity contribution in [3.05, 3.63) is 225 Å². The number of aryl methyl sites for hydroxylation is 2. The molecule has 0 atom stereocenters. The second-order valence-electron chi connectivity index (χ2n) is 29.4. The highest BCUT2D eigenvalue weighted by Crippen LogP contribution is 2.56. The third kappa shape index (κ3) is 8.10. The zero-order valence-corrected chi connectivity index (χ0v) is 52.7. The maximum atomic E-state index is 2.74. The van der Waals surface area contributed by atoms with Gasteiger partial charge in [-0.05, 0) is 199 Å². The SMILES string of the molecule is Cc1cc2c3c(c1)N(c1cccc4c1sc1ccccc14)c1ccc(N(c4ccc(C(C)(C)C)cc4)c4ccc(C(C)(C)C)cc4)cc1B3c1cc3c(cc1N2c1cc2c(cc1C)C(C)(C)CCC2(C)C)C(C)(C)c1ccccc1C3(C)C. The van der Waals surface area contributed by atoms with Gasteiger partial charge in [-0.1, -0.05) is 188 Å². The third-order valence-electron chi connectivity index (χ3n) is 20.2. The van der Waals surface area contributed by atoms with Crippen LogP contribution in [0.25, 0.3) is 20.2 Å². The van der Waals surface area contributed by atoms with E-state index in [4.69, 9.17) is 0 Å². The summed E-state index contributed by atoms with van der Waals surface area (Å²) in [6.07, 6.45) is 2.33. The van der Waals surface area contributed by atoms with E-state index in [-0.39, 0.29) is 39.2 Å². The first-order chi connectivity index (χ1) is 39.2. The van der Waals surface area contributed by atoms with Crippen LogP contribution in [0.4, 0.5) is 51.2 Å². The first kappa shape index (κ1) is 53.7. The van der Waals surface area contributed by atoms with Crippen LogP contribution in [0.5, 0.6) is 0 Å². The molecule has 0 saturated heterocycles. The zero-order valence-electron chi connectivity index (χ0n) is 51.9. The summed E-state index contributed by atoms with van der Waals surface area (Å²) in [7, 11) is 0. The summed E-state index contributed by atoms with van der Waals surface area (Å²) in [5.74, 6) is 0. The van der Waals surface area contributed by atoms with E-state index >= 15 is 0 Å². The van der Waals surface area contributed by atoms with E-state index in [1.54, 1.807) is 0 Å². The molecular formula is C78H80BN3S. The maximum absolute atomic E-state index is 2.74. The van der Waals surface area contributed by atoms with Gasteiger partial charge in [0, 0.05) is 71.8 Å². The highest BCUT2D eigenvalue weighted by molar-refractivity contribution is 7.26. The number of anilines is 9. The van der Waals surface area contributed by atoms with E-state index in [2.05, 4.69) is 295 Å². The van der Waals surface area contributed by atoms with Gasteiger partial charge in [-0.2, -0.15) is 0 Å². The molecular weight excluding hydrogens is 1020 g/mol. The third-order valence-corrected chi connectivity index (χ3v) is 21.4. The minimum atomic E-state index is -0.257. The second kappa shape index (κ2) is 18.1. The molecule has 0 saturated carbocycles. The van der Waals surface area contributed by atoms with Crippen LogP contribution in [0.15, 0.2) is 170 Å². The highest BCUT2D eigenvalue weighted by Gasteiger charge is 2.49. The predicted molar refractivity (Wildman–Crippen MR) is 361 cm³/mol. The van der Waals surface area contributed by atoms with Crippen LogP contribution in [0, 0.1) is 13.8 Å². The van der Waals surface area contributed by atoms with Crippen LogP contribution in [0.2, 0.25) is 0 Å². The van der Waals surface area contributed by atoms with Gasteiger partial charge in [0.15, 0.2) is 0 Å². The van der Waals surface area contributed by atoms with Crippen molar-refractivity contribution in [2.45, 2.75) is 156 Å². The van der Waals surface area contributed by atoms with E-state index in [0.29, 0.717) is 0 Å². The van der Waals surface area contributed by atoms with Gasteiger partial charge in [0.1, 0.15) is 0 Å². The first-order valence-corrected chi connectivity index (χ1v) is 31.3. The molecule has 14 rings (SSSR count). The molecule has 83 heavy (non-hydrogen) atoms. The molecule has 2 aliphatic carbocycles. The van der Waals surface area contributed by atoms with E-state index < -0.39 is 0 Å². The minimum Gasteiger partial charge on any atom is -0.311 e. The molecule has 2 aliphatic heterocycles. The van der Waals surface area contributed by atoms with Gasteiger partial charge in [0.05, 0.1) is 10.4 Å². The van der Waals surface area contributed by atoms with Crippen molar-refractivity contribution in [3.63, 3.8) is 0 Å². The number of fused-ring (bicyclic) bond motifs is 10. The van der Waals surface area contributed by atoms with Crippen LogP contribution in [0.3, 0.4) is 0 Å². The first-order valence-electron chi connectivity index (χ1n) is 30.5. The smallest absolute Gasteiger partial charge is 0.252 e. The predicted octanol–water partition coefficient (Wildman–Crippen LogP) is 20.1. The standard InChI is InChI=1S/C78H80BN3S/c1-47-40-68-71-69(41-47)82(66-45-59-58(42-48(66)2)75(9,10)38-39-76(59,11)12)67-46-61-60(77(13,14)56-24-18-19-25-57(56)78(61,15)16)44-63(67)79(71)62-43-53(36-37-64(62)81(68)65-26-21-23-55-54-22-17-20-27-70(54)83-72(55)65)80(51-32-28-49(29-33-51)73(3,4)5)52-34-30-50(31-35-52)74(6,7)8/h17-37,40-46H,38-39H2,1-16H3. The van der Waals surface area contributed by atoms with Crippen molar-refractivity contribution in [3.8, 4) is 0 Å². The lowest BCUT2D eigenvalue weighted by Gasteiger charge is -2.49. The number of hydrogen-bond donors (Lipinski definition) is 0. The van der Waals surface area contributed by atoms with Gasteiger partial charge in [-0.25, -0.2) is 0 Å². The molecule has 1 aromatic heterocycles. The van der Waals surface area contributed by atoms with Crippen molar-refractivity contribution in [1.82, 2.24) is 0 Å². The van der Waals surface area contributed by atoms with Crippen LogP contribution < -0.4 is 31.1 Å². The minimum absolute atomic E-state index is 0.0193. The topological polar surface area (TPSA) is 9.72 Å². The fraction of sp³-hybridized carbons (Fsp3) is 0.308. The highest BCUT2D eigenvalue weighted by atomic mass is 32.1. The normalized spacial score (nSPS) is 16.9. The molecule has 10 aromatic rings. The van der Waals surface area contributed by atoms with Crippen LogP contribution in [-0.4, -0.2) is 6.71 Å². The van der Waals surface area contributed by atoms with Gasteiger partial charge in [0.25, 0.3) is 6.71 Å². The molecule has 0 fully saturated rings. The Bertz CT molecular complexity index is 4270. The van der Waals surface area contributed by atoms with Crippen LogP contribution in [-0.2, 0) is 32.5 Å². The summed E-state index contributed by atoms with van der Waals surface area (Å²) in [4.78, 5) is 7.91. The number of hydrogen-bond acceptors (Lipinski definition) is 4. The summed E-state index contributed by atoms with van der Waals surface area (Å²) in [5.41, 5.74) is 28.4. The molecule has 0 spiro atoms. The van der Waals surface area contributed by atoms with E-state index in [1.165, 1.54) is 133 Å². The number of rotatable bonds is 5. The molecule has 3 nitrogen and oxygen atoms in total. The lowest BCUT2D eigenvalue weighted by atomic mass is 9.33. The average molecular weight is 1100 g/mol. The van der Waals surface area contributed by atoms with Gasteiger partial charge in [0.2, 0.25) is 0 Å². The molecule has 0 radical (unpaired) electrons. The quantitative estimate of drug-likeness (QED) is 0.159. The van der Waals surface area contributed by atoms with Gasteiger partial charge >= 0.3 is 0 Å². The Morgan fingerprint density at radius 2 is 0.916 bits per heavy atom. The summed E-state index contributed by atoms with van der Waals surface area (Å²) < 4.78 is 2.61. The van der Waals surface area contributed by atoms with Crippen LogP contribution in [0.1, 0.15) is 165 Å². The number of nitrogens with zero attached hydrogens (tertiary/aromatic N) is 3. The number of thiophene rings is 1. The monoisotopic (exact) mass is 1100 g/mol. The van der Waals surface area contributed by atoms with Crippen LogP contribution >= 0.6 is 11.3 Å². The number of benzene rings is 9. The Labute approximate surface area is 499 Å². The fourth-order valence-electron chi connectivity index (χ4n) is 15.3. The van der Waals surface area contributed by atoms with Gasteiger partial charge in [-0.3, -0.25) is 0 Å². The molecule has 3 heterocycles. The van der Waals surface area contributed by atoms with Gasteiger partial charge in [-0.15, -0.1) is 11.3 Å². The average Bonchev–Trinajstić information content (AvgIpc) is 1.43. The van der Waals surface area contributed by atoms with Crippen molar-refractivity contribution in [2.75, 3.05) is 14.7 Å². The summed E-state index contributed by atoms with van der Waals surface area (Å²) in [5, 5.41) is 2.61. The maximum Gasteiger partial charge on any atom is 0.252 e. The molecule has 0 N–H and O–H groups in total.